The molecule has 0 bridgehead atoms. The number of halogens is 1. The molecule has 2 amide bonds. The lowest BCUT2D eigenvalue weighted by molar-refractivity contribution is 0.0696. The average molecular weight is 282 g/mol. The quantitative estimate of drug-likeness (QED) is 0.794. The standard InChI is InChI=1S/C14H19FN2O3/c1-14(2,3)6-7-16-13(20)17-11-5-4-9(12(18)19)8-10(11)15/h4-5,8H,6-7H2,1-3H3,(H,18,19)(H2,16,17,20). The number of carbonyl (C=O) groups is 2. The number of nitrogens with one attached hydrogen (secondary N) is 2. The van der Waals surface area contributed by atoms with E-state index in [4.69, 9.17) is 5.11 Å². The number of urea groups is 1. The molecular formula is C14H19FN2O3. The second kappa shape index (κ2) is 6.36. The average Bonchev–Trinajstić information content (AvgIpc) is 2.29. The molecule has 0 saturated carbocycles. The number of hydrogen-bond donors (Lipinski definition) is 3. The minimum Gasteiger partial charge on any atom is -0.478 e. The first-order chi connectivity index (χ1) is 9.19. The number of carboxylic acid groups (broad SMARTS) is 1. The van der Waals surface area contributed by atoms with Crippen molar-refractivity contribution in [1.82, 2.24) is 5.32 Å². The van der Waals surface area contributed by atoms with Crippen molar-refractivity contribution >= 4 is 17.7 Å². The summed E-state index contributed by atoms with van der Waals surface area (Å²) >= 11 is 0. The molecular weight excluding hydrogens is 263 g/mol. The van der Waals surface area contributed by atoms with Gasteiger partial charge in [-0.1, -0.05) is 20.8 Å². The second-order valence-electron chi connectivity index (χ2n) is 5.69. The summed E-state index contributed by atoms with van der Waals surface area (Å²) < 4.78 is 13.6. The number of rotatable bonds is 4. The van der Waals surface area contributed by atoms with Crippen LogP contribution in [0.3, 0.4) is 0 Å². The summed E-state index contributed by atoms with van der Waals surface area (Å²) in [6.07, 6.45) is 0.793. The Morgan fingerprint density at radius 3 is 2.45 bits per heavy atom. The highest BCUT2D eigenvalue weighted by atomic mass is 19.1. The predicted octanol–water partition coefficient (Wildman–Crippen LogP) is 3.08. The van der Waals surface area contributed by atoms with Gasteiger partial charge in [0.05, 0.1) is 11.3 Å². The van der Waals surface area contributed by atoms with Gasteiger partial charge in [0, 0.05) is 6.54 Å². The highest BCUT2D eigenvalue weighted by Gasteiger charge is 2.12. The van der Waals surface area contributed by atoms with E-state index < -0.39 is 17.8 Å². The molecule has 6 heteroatoms. The molecule has 0 aliphatic heterocycles. The van der Waals surface area contributed by atoms with Crippen LogP contribution in [-0.2, 0) is 0 Å². The van der Waals surface area contributed by atoms with Gasteiger partial charge in [-0.05, 0) is 30.0 Å². The molecule has 0 saturated heterocycles. The van der Waals surface area contributed by atoms with Crippen LogP contribution < -0.4 is 10.6 Å². The number of anilines is 1. The molecule has 5 nitrogen and oxygen atoms in total. The summed E-state index contributed by atoms with van der Waals surface area (Å²) in [6, 6.07) is 2.81. The predicted molar refractivity (Wildman–Crippen MR) is 74.5 cm³/mol. The van der Waals surface area contributed by atoms with E-state index in [1.165, 1.54) is 12.1 Å². The highest BCUT2D eigenvalue weighted by Crippen LogP contribution is 2.17. The van der Waals surface area contributed by atoms with Gasteiger partial charge in [0.2, 0.25) is 0 Å². The number of amides is 2. The van der Waals surface area contributed by atoms with E-state index in [1.807, 2.05) is 0 Å². The maximum absolute atomic E-state index is 13.6. The van der Waals surface area contributed by atoms with Crippen LogP contribution in [0.15, 0.2) is 18.2 Å². The molecule has 0 atom stereocenters. The fraction of sp³-hybridized carbons (Fsp3) is 0.429. The monoisotopic (exact) mass is 282 g/mol. The smallest absolute Gasteiger partial charge is 0.335 e. The van der Waals surface area contributed by atoms with E-state index in [-0.39, 0.29) is 16.7 Å². The number of carbonyl (C=O) groups excluding carboxylic acids is 1. The van der Waals surface area contributed by atoms with Crippen LogP contribution in [0.2, 0.25) is 0 Å². The normalized spacial score (nSPS) is 11.0. The number of carboxylic acids is 1. The zero-order valence-electron chi connectivity index (χ0n) is 11.8. The van der Waals surface area contributed by atoms with Gasteiger partial charge in [-0.3, -0.25) is 0 Å². The lowest BCUT2D eigenvalue weighted by atomic mass is 9.92. The van der Waals surface area contributed by atoms with Crippen molar-refractivity contribution in [2.75, 3.05) is 11.9 Å². The minimum atomic E-state index is -1.22. The van der Waals surface area contributed by atoms with Crippen LogP contribution in [0.5, 0.6) is 0 Å². The Morgan fingerprint density at radius 2 is 1.95 bits per heavy atom. The molecule has 0 aliphatic carbocycles. The zero-order chi connectivity index (χ0) is 15.3. The third-order valence-corrected chi connectivity index (χ3v) is 2.62. The van der Waals surface area contributed by atoms with Crippen LogP contribution >= 0.6 is 0 Å². The van der Waals surface area contributed by atoms with E-state index in [0.29, 0.717) is 6.54 Å². The van der Waals surface area contributed by atoms with E-state index in [1.54, 1.807) is 0 Å². The van der Waals surface area contributed by atoms with Crippen LogP contribution in [0.25, 0.3) is 0 Å². The van der Waals surface area contributed by atoms with Gasteiger partial charge in [-0.2, -0.15) is 0 Å². The summed E-state index contributed by atoms with van der Waals surface area (Å²) in [5, 5.41) is 13.7. The van der Waals surface area contributed by atoms with Gasteiger partial charge in [0.25, 0.3) is 0 Å². The molecule has 1 aromatic carbocycles. The van der Waals surface area contributed by atoms with Gasteiger partial charge in [-0.25, -0.2) is 14.0 Å². The van der Waals surface area contributed by atoms with Crippen LogP contribution in [0, 0.1) is 11.2 Å². The SMILES string of the molecule is CC(C)(C)CCNC(=O)Nc1ccc(C(=O)O)cc1F. The van der Waals surface area contributed by atoms with Gasteiger partial charge < -0.3 is 15.7 Å². The van der Waals surface area contributed by atoms with E-state index in [2.05, 4.69) is 31.4 Å². The van der Waals surface area contributed by atoms with Crippen molar-refractivity contribution in [2.45, 2.75) is 27.2 Å². The summed E-state index contributed by atoms with van der Waals surface area (Å²) in [6.45, 7) is 6.63. The Kier molecular flexibility index (Phi) is 5.07. The van der Waals surface area contributed by atoms with Crippen molar-refractivity contribution in [3.05, 3.63) is 29.6 Å². The third-order valence-electron chi connectivity index (χ3n) is 2.62. The van der Waals surface area contributed by atoms with Crippen molar-refractivity contribution < 1.29 is 19.1 Å². The first-order valence-electron chi connectivity index (χ1n) is 6.27. The summed E-state index contributed by atoms with van der Waals surface area (Å²) in [5.74, 6) is -2.00. The minimum absolute atomic E-state index is 0.0525. The number of benzene rings is 1. The molecule has 110 valence electrons. The molecule has 0 radical (unpaired) electrons. The molecule has 0 heterocycles. The summed E-state index contributed by atoms with van der Waals surface area (Å²) in [5.41, 5.74) is -0.119. The molecule has 20 heavy (non-hydrogen) atoms. The van der Waals surface area contributed by atoms with Crippen LogP contribution in [0.4, 0.5) is 14.9 Å². The first kappa shape index (κ1) is 15.9. The Labute approximate surface area is 117 Å². The van der Waals surface area contributed by atoms with Crippen LogP contribution in [0.1, 0.15) is 37.6 Å². The van der Waals surface area contributed by atoms with Crippen LogP contribution in [-0.4, -0.2) is 23.7 Å². The van der Waals surface area contributed by atoms with Gasteiger partial charge >= 0.3 is 12.0 Å². The van der Waals surface area contributed by atoms with Crippen molar-refractivity contribution in [3.8, 4) is 0 Å². The molecule has 0 aromatic heterocycles. The van der Waals surface area contributed by atoms with E-state index >= 15 is 0 Å². The van der Waals surface area contributed by atoms with E-state index in [0.717, 1.165) is 12.5 Å². The highest BCUT2D eigenvalue weighted by molar-refractivity contribution is 5.91. The third kappa shape index (κ3) is 5.26. The molecule has 1 aromatic rings. The second-order valence-corrected chi connectivity index (χ2v) is 5.69. The van der Waals surface area contributed by atoms with Crippen molar-refractivity contribution in [2.24, 2.45) is 5.41 Å². The molecule has 1 rings (SSSR count). The number of aromatic carboxylic acids is 1. The van der Waals surface area contributed by atoms with Gasteiger partial charge in [0.15, 0.2) is 0 Å². The molecule has 3 N–H and O–H groups in total. The topological polar surface area (TPSA) is 78.4 Å². The van der Waals surface area contributed by atoms with Gasteiger partial charge in [-0.15, -0.1) is 0 Å². The fourth-order valence-corrected chi connectivity index (χ4v) is 1.47. The Morgan fingerprint density at radius 1 is 1.30 bits per heavy atom. The molecule has 0 aliphatic rings. The molecule has 0 fully saturated rings. The van der Waals surface area contributed by atoms with Crippen molar-refractivity contribution in [3.63, 3.8) is 0 Å². The fourth-order valence-electron chi connectivity index (χ4n) is 1.47. The van der Waals surface area contributed by atoms with Crippen molar-refractivity contribution in [1.29, 1.82) is 0 Å². The maximum Gasteiger partial charge on any atom is 0.335 e. The van der Waals surface area contributed by atoms with E-state index in [9.17, 15) is 14.0 Å². The lowest BCUT2D eigenvalue weighted by Crippen LogP contribution is -2.31. The molecule has 0 spiro atoms. The van der Waals surface area contributed by atoms with Gasteiger partial charge in [0.1, 0.15) is 5.82 Å². The summed E-state index contributed by atoms with van der Waals surface area (Å²) in [7, 11) is 0. The largest absolute Gasteiger partial charge is 0.478 e. The zero-order valence-corrected chi connectivity index (χ0v) is 11.8. The first-order valence-corrected chi connectivity index (χ1v) is 6.27. The maximum atomic E-state index is 13.6. The number of hydrogen-bond acceptors (Lipinski definition) is 2. The Bertz CT molecular complexity index is 510. The Hall–Kier alpha value is -2.11. The summed E-state index contributed by atoms with van der Waals surface area (Å²) in [4.78, 5) is 22.2. The molecule has 0 unspecified atom stereocenters. The lowest BCUT2D eigenvalue weighted by Gasteiger charge is -2.18. The Balaban J connectivity index is 2.56.